The van der Waals surface area contributed by atoms with Crippen LogP contribution in [0, 0.1) is 12.8 Å². The van der Waals surface area contributed by atoms with E-state index in [4.69, 9.17) is 14.6 Å². The molecule has 2 bridgehead atoms. The smallest absolute Gasteiger partial charge is 0.290 e. The molecule has 44 heavy (non-hydrogen) atoms. The van der Waals surface area contributed by atoms with Crippen molar-refractivity contribution in [1.82, 2.24) is 28.8 Å². The summed E-state index contributed by atoms with van der Waals surface area (Å²) in [7, 11) is 0. The third-order valence-corrected chi connectivity index (χ3v) is 8.38. The number of hydrogen-bond donors (Lipinski definition) is 2. The van der Waals surface area contributed by atoms with Gasteiger partial charge >= 0.3 is 0 Å². The highest BCUT2D eigenvalue weighted by molar-refractivity contribution is 6.99. The van der Waals surface area contributed by atoms with Crippen LogP contribution in [0.1, 0.15) is 44.4 Å². The van der Waals surface area contributed by atoms with E-state index in [0.29, 0.717) is 68.5 Å². The molecule has 2 aromatic carbocycles. The summed E-state index contributed by atoms with van der Waals surface area (Å²) < 4.78 is 14.4. The van der Waals surface area contributed by atoms with Crippen LogP contribution in [-0.2, 0) is 9.59 Å². The fourth-order valence-electron chi connectivity index (χ4n) is 5.58. The Kier molecular flexibility index (Phi) is 9.75. The van der Waals surface area contributed by atoms with E-state index < -0.39 is 5.92 Å². The van der Waals surface area contributed by atoms with Gasteiger partial charge < -0.3 is 25.0 Å². The molecule has 2 aromatic heterocycles. The molecule has 0 radical (unpaired) electrons. The molecule has 2 N–H and O–H groups in total. The maximum Gasteiger partial charge on any atom is 0.290 e. The molecule has 2 atom stereocenters. The molecular formula is C31H32N6O6S. The molecule has 1 saturated heterocycles. The van der Waals surface area contributed by atoms with E-state index in [-0.39, 0.29) is 30.1 Å². The molecule has 0 unspecified atom stereocenters. The number of fused-ring (bicyclic) bond motifs is 5. The van der Waals surface area contributed by atoms with Crippen molar-refractivity contribution in [2.45, 2.75) is 19.3 Å². The average Bonchev–Trinajstić information content (AvgIpc) is 3.68. The molecule has 0 saturated carbocycles. The maximum absolute atomic E-state index is 13.6. The standard InChI is InChI=1S/C30H30N6O4S.CH2O2/c1-19-27(34-41-33-19)30(39)35-12-4-11-32-28(37)25-18-36(17-24(25)20-5-2-7-23(16-20)40-14-13-35)29(38)22-8-9-26-21(15-22)6-3-10-31-26;2-1-3/h2-3,5-10,15-16,24-25H,4,11-14,17-18H2,1H3,(H,32,37);1H,(H,2,3)/t24-,25+;/m1./s1. The van der Waals surface area contributed by atoms with Crippen molar-refractivity contribution in [1.29, 1.82) is 0 Å². The molecule has 0 spiro atoms. The number of amides is 3. The third-order valence-electron chi connectivity index (χ3n) is 7.76. The Morgan fingerprint density at radius 1 is 1.02 bits per heavy atom. The van der Waals surface area contributed by atoms with Crippen molar-refractivity contribution in [2.24, 2.45) is 5.92 Å². The van der Waals surface area contributed by atoms with Gasteiger partial charge in [-0.3, -0.25) is 24.2 Å². The summed E-state index contributed by atoms with van der Waals surface area (Å²) in [6.07, 6.45) is 2.30. The van der Waals surface area contributed by atoms with E-state index in [1.165, 1.54) is 0 Å². The molecule has 4 aromatic rings. The van der Waals surface area contributed by atoms with E-state index in [1.54, 1.807) is 29.0 Å². The Morgan fingerprint density at radius 3 is 2.64 bits per heavy atom. The molecule has 2 aliphatic heterocycles. The summed E-state index contributed by atoms with van der Waals surface area (Å²) in [5.74, 6) is -0.339. The molecule has 4 heterocycles. The highest BCUT2D eigenvalue weighted by Gasteiger charge is 2.40. The summed E-state index contributed by atoms with van der Waals surface area (Å²) in [4.78, 5) is 56.4. The molecule has 2 aliphatic rings. The van der Waals surface area contributed by atoms with Crippen LogP contribution in [0.5, 0.6) is 5.75 Å². The zero-order valence-electron chi connectivity index (χ0n) is 24.1. The van der Waals surface area contributed by atoms with Crippen molar-refractivity contribution in [2.75, 3.05) is 39.3 Å². The van der Waals surface area contributed by atoms with Gasteiger partial charge in [0.05, 0.1) is 35.4 Å². The van der Waals surface area contributed by atoms with Gasteiger partial charge in [0.15, 0.2) is 5.69 Å². The van der Waals surface area contributed by atoms with Gasteiger partial charge in [0.2, 0.25) is 5.91 Å². The summed E-state index contributed by atoms with van der Waals surface area (Å²) in [6.45, 7) is 3.80. The number of ether oxygens (including phenoxy) is 1. The Balaban J connectivity index is 0.00000123. The number of carbonyl (C=O) groups is 4. The predicted octanol–water partition coefficient (Wildman–Crippen LogP) is 2.99. The Morgan fingerprint density at radius 2 is 1.84 bits per heavy atom. The fourth-order valence-corrected chi connectivity index (χ4v) is 6.12. The van der Waals surface area contributed by atoms with Crippen LogP contribution in [-0.4, -0.2) is 92.2 Å². The molecule has 1 fully saturated rings. The molecule has 3 amide bonds. The van der Waals surface area contributed by atoms with Gasteiger partial charge in [-0.15, -0.1) is 0 Å². The van der Waals surface area contributed by atoms with E-state index in [2.05, 4.69) is 19.0 Å². The highest BCUT2D eigenvalue weighted by atomic mass is 32.1. The summed E-state index contributed by atoms with van der Waals surface area (Å²) in [6, 6.07) is 17.0. The van der Waals surface area contributed by atoms with Gasteiger partial charge in [-0.2, -0.15) is 8.75 Å². The number of nitrogens with zero attached hydrogens (tertiary/aromatic N) is 5. The van der Waals surface area contributed by atoms with E-state index in [0.717, 1.165) is 28.2 Å². The third kappa shape index (κ3) is 6.83. The predicted molar refractivity (Wildman–Crippen MR) is 163 cm³/mol. The number of rotatable bonds is 2. The first kappa shape index (κ1) is 30.5. The number of likely N-dealkylation sites (tertiary alicyclic amines) is 1. The minimum Gasteiger partial charge on any atom is -0.492 e. The van der Waals surface area contributed by atoms with Crippen molar-refractivity contribution >= 4 is 46.8 Å². The van der Waals surface area contributed by atoms with Crippen molar-refractivity contribution in [3.8, 4) is 5.75 Å². The SMILES string of the molecule is Cc1nsnc1C(=O)N1CCCNC(=O)[C@H]2CN(C(=O)c3ccc4ncccc4c3)C[C@@H]2c2cccc(c2)OCC1.O=CO. The molecule has 228 valence electrons. The average molecular weight is 617 g/mol. The van der Waals surface area contributed by atoms with Gasteiger partial charge in [0.1, 0.15) is 12.4 Å². The van der Waals surface area contributed by atoms with E-state index in [9.17, 15) is 14.4 Å². The monoisotopic (exact) mass is 616 g/mol. The zero-order valence-corrected chi connectivity index (χ0v) is 24.9. The van der Waals surface area contributed by atoms with Crippen LogP contribution in [0.2, 0.25) is 0 Å². The van der Waals surface area contributed by atoms with E-state index in [1.807, 2.05) is 48.5 Å². The first-order valence-corrected chi connectivity index (χ1v) is 14.9. The Labute approximate surface area is 258 Å². The lowest BCUT2D eigenvalue weighted by atomic mass is 9.88. The topological polar surface area (TPSA) is 155 Å². The highest BCUT2D eigenvalue weighted by Crippen LogP contribution is 2.35. The Bertz CT molecular complexity index is 1660. The van der Waals surface area contributed by atoms with Crippen LogP contribution < -0.4 is 10.1 Å². The number of pyridine rings is 1. The number of aryl methyl sites for hydroxylation is 1. The van der Waals surface area contributed by atoms with Crippen LogP contribution in [0.25, 0.3) is 10.9 Å². The van der Waals surface area contributed by atoms with Crippen molar-refractivity contribution in [3.05, 3.63) is 83.3 Å². The number of carboxylic acid groups (broad SMARTS) is 1. The quantitative estimate of drug-likeness (QED) is 0.324. The van der Waals surface area contributed by atoms with Gasteiger partial charge in [0.25, 0.3) is 18.3 Å². The Hall–Kier alpha value is -4.91. The van der Waals surface area contributed by atoms with Gasteiger partial charge in [-0.25, -0.2) is 0 Å². The van der Waals surface area contributed by atoms with Gasteiger partial charge in [0, 0.05) is 49.2 Å². The lowest BCUT2D eigenvalue weighted by molar-refractivity contribution is -0.125. The first-order chi connectivity index (χ1) is 21.4. The second-order valence-corrected chi connectivity index (χ2v) is 11.0. The number of nitrogens with one attached hydrogen (secondary N) is 1. The van der Waals surface area contributed by atoms with Crippen molar-refractivity contribution < 1.29 is 29.0 Å². The van der Waals surface area contributed by atoms with Crippen LogP contribution in [0.4, 0.5) is 0 Å². The van der Waals surface area contributed by atoms with Crippen LogP contribution in [0.3, 0.4) is 0 Å². The first-order valence-electron chi connectivity index (χ1n) is 14.2. The second kappa shape index (κ2) is 14.0. The molecule has 6 rings (SSSR count). The minimum absolute atomic E-state index is 0.103. The van der Waals surface area contributed by atoms with Crippen molar-refractivity contribution in [3.63, 3.8) is 0 Å². The van der Waals surface area contributed by atoms with E-state index >= 15 is 0 Å². The number of hydrogen-bond acceptors (Lipinski definition) is 9. The normalized spacial score (nSPS) is 18.6. The minimum atomic E-state index is -0.416. The fraction of sp³-hybridized carbons (Fsp3) is 0.323. The number of carbonyl (C=O) groups excluding carboxylic acids is 3. The summed E-state index contributed by atoms with van der Waals surface area (Å²) in [5, 5.41) is 10.8. The largest absolute Gasteiger partial charge is 0.492 e. The van der Waals surface area contributed by atoms with Crippen LogP contribution in [0.15, 0.2) is 60.8 Å². The molecular weight excluding hydrogens is 584 g/mol. The number of benzene rings is 2. The van der Waals surface area contributed by atoms with Gasteiger partial charge in [-0.1, -0.05) is 18.2 Å². The summed E-state index contributed by atoms with van der Waals surface area (Å²) >= 11 is 1.02. The number of aromatic nitrogens is 3. The summed E-state index contributed by atoms with van der Waals surface area (Å²) in [5.41, 5.74) is 3.29. The lowest BCUT2D eigenvalue weighted by Gasteiger charge is -2.24. The molecule has 0 aliphatic carbocycles. The maximum atomic E-state index is 13.6. The molecule has 13 heteroatoms. The van der Waals surface area contributed by atoms with Gasteiger partial charge in [-0.05, 0) is 55.3 Å². The zero-order chi connectivity index (χ0) is 31.1. The molecule has 12 nitrogen and oxygen atoms in total. The second-order valence-electron chi connectivity index (χ2n) is 10.5. The van der Waals surface area contributed by atoms with Crippen LogP contribution >= 0.6 is 11.7 Å². The lowest BCUT2D eigenvalue weighted by Crippen LogP contribution is -2.39.